The second-order valence-electron chi connectivity index (χ2n) is 7.33. The summed E-state index contributed by atoms with van der Waals surface area (Å²) in [5.74, 6) is 0.867. The van der Waals surface area contributed by atoms with Crippen LogP contribution < -0.4 is 0 Å². The Hall–Kier alpha value is -1.78. The van der Waals surface area contributed by atoms with Crippen LogP contribution in [0.25, 0.3) is 21.7 Å². The van der Waals surface area contributed by atoms with Crippen LogP contribution in [0.1, 0.15) is 12.8 Å². The first-order valence-electron chi connectivity index (χ1n) is 9.86. The molecule has 0 aliphatic carbocycles. The molecule has 1 atom stereocenters. The second kappa shape index (κ2) is 7.81. The lowest BCUT2D eigenvalue weighted by Crippen LogP contribution is -2.40. The third-order valence-corrected chi connectivity index (χ3v) is 8.24. The standard InChI is InChI=1S/C20H23N3O4S2/c24-29(25,22-7-10-26-11-8-22)16-5-6-18-17(13-16)21-20(19-4-2-12-28-19)23(18)14-15-3-1-9-27-15/h2,4-6,12-13,15H,1,3,7-11,14H2/t15-/m1/s1. The Kier molecular flexibility index (Phi) is 5.17. The highest BCUT2D eigenvalue weighted by atomic mass is 32.2. The molecule has 0 saturated carbocycles. The van der Waals surface area contributed by atoms with Gasteiger partial charge in [0, 0.05) is 19.7 Å². The molecule has 2 aromatic heterocycles. The average molecular weight is 434 g/mol. The fourth-order valence-corrected chi connectivity index (χ4v) is 6.13. The summed E-state index contributed by atoms with van der Waals surface area (Å²) in [6.45, 7) is 3.15. The van der Waals surface area contributed by atoms with Gasteiger partial charge in [-0.2, -0.15) is 4.31 Å². The fraction of sp³-hybridized carbons (Fsp3) is 0.450. The number of benzene rings is 1. The number of ether oxygens (including phenoxy) is 2. The van der Waals surface area contributed by atoms with Gasteiger partial charge in [0.25, 0.3) is 0 Å². The van der Waals surface area contributed by atoms with Crippen LogP contribution >= 0.6 is 11.3 Å². The van der Waals surface area contributed by atoms with E-state index in [-0.39, 0.29) is 11.0 Å². The maximum atomic E-state index is 13.0. The quantitative estimate of drug-likeness (QED) is 0.619. The molecule has 0 bridgehead atoms. The summed E-state index contributed by atoms with van der Waals surface area (Å²) in [6.07, 6.45) is 2.28. The molecule has 29 heavy (non-hydrogen) atoms. The number of hydrogen-bond donors (Lipinski definition) is 0. The van der Waals surface area contributed by atoms with E-state index in [0.717, 1.165) is 42.2 Å². The minimum Gasteiger partial charge on any atom is -0.379 e. The fourth-order valence-electron chi connectivity index (χ4n) is 3.98. The molecule has 154 valence electrons. The Balaban J connectivity index is 1.57. The summed E-state index contributed by atoms with van der Waals surface area (Å²) in [6, 6.07) is 9.32. The first-order valence-corrected chi connectivity index (χ1v) is 12.2. The highest BCUT2D eigenvalue weighted by Gasteiger charge is 2.28. The van der Waals surface area contributed by atoms with Crippen molar-refractivity contribution in [3.05, 3.63) is 35.7 Å². The lowest BCUT2D eigenvalue weighted by Gasteiger charge is -2.26. The molecule has 3 aromatic rings. The lowest BCUT2D eigenvalue weighted by atomic mass is 10.2. The van der Waals surface area contributed by atoms with Crippen molar-refractivity contribution in [3.63, 3.8) is 0 Å². The number of aromatic nitrogens is 2. The Labute approximate surface area is 173 Å². The van der Waals surface area contributed by atoms with Crippen LogP contribution in [-0.2, 0) is 26.0 Å². The van der Waals surface area contributed by atoms with Crippen molar-refractivity contribution in [1.82, 2.24) is 13.9 Å². The number of thiophene rings is 1. The Morgan fingerprint density at radius 1 is 1.17 bits per heavy atom. The molecule has 2 saturated heterocycles. The van der Waals surface area contributed by atoms with Gasteiger partial charge in [-0.15, -0.1) is 11.3 Å². The number of fused-ring (bicyclic) bond motifs is 1. The SMILES string of the molecule is O=S(=O)(c1ccc2c(c1)nc(-c1cccs1)n2C[C@H]1CCCO1)N1CCOCC1. The zero-order valence-corrected chi connectivity index (χ0v) is 17.6. The summed E-state index contributed by atoms with van der Waals surface area (Å²) >= 11 is 1.63. The van der Waals surface area contributed by atoms with Crippen LogP contribution in [0.5, 0.6) is 0 Å². The first kappa shape index (κ1) is 19.2. The van der Waals surface area contributed by atoms with Crippen molar-refractivity contribution in [3.8, 4) is 10.7 Å². The van der Waals surface area contributed by atoms with Crippen LogP contribution in [0.3, 0.4) is 0 Å². The van der Waals surface area contributed by atoms with Gasteiger partial charge >= 0.3 is 0 Å². The van der Waals surface area contributed by atoms with Gasteiger partial charge in [0.05, 0.1) is 46.7 Å². The van der Waals surface area contributed by atoms with Crippen LogP contribution in [0.15, 0.2) is 40.6 Å². The summed E-state index contributed by atoms with van der Waals surface area (Å²) < 4.78 is 40.9. The van der Waals surface area contributed by atoms with Gasteiger partial charge in [0.2, 0.25) is 10.0 Å². The second-order valence-corrected chi connectivity index (χ2v) is 10.2. The third-order valence-electron chi connectivity index (χ3n) is 5.48. The van der Waals surface area contributed by atoms with Gasteiger partial charge in [0.1, 0.15) is 0 Å². The minimum atomic E-state index is -3.55. The van der Waals surface area contributed by atoms with E-state index in [0.29, 0.717) is 31.8 Å². The molecule has 7 nitrogen and oxygen atoms in total. The van der Waals surface area contributed by atoms with E-state index in [1.165, 1.54) is 4.31 Å². The lowest BCUT2D eigenvalue weighted by molar-refractivity contribution is 0.0730. The molecule has 0 spiro atoms. The van der Waals surface area contributed by atoms with Crippen LogP contribution in [0.2, 0.25) is 0 Å². The van der Waals surface area contributed by atoms with E-state index in [9.17, 15) is 8.42 Å². The normalized spacial score (nSPS) is 21.2. The molecule has 1 aromatic carbocycles. The molecule has 0 N–H and O–H groups in total. The van der Waals surface area contributed by atoms with Gasteiger partial charge in [-0.25, -0.2) is 13.4 Å². The number of morpholine rings is 1. The highest BCUT2D eigenvalue weighted by molar-refractivity contribution is 7.89. The van der Waals surface area contributed by atoms with Gasteiger partial charge in [-0.1, -0.05) is 6.07 Å². The molecule has 2 fully saturated rings. The predicted molar refractivity (Wildman–Crippen MR) is 112 cm³/mol. The average Bonchev–Trinajstić information content (AvgIpc) is 3.50. The Bertz CT molecular complexity index is 1100. The summed E-state index contributed by atoms with van der Waals surface area (Å²) in [5.41, 5.74) is 1.63. The van der Waals surface area contributed by atoms with E-state index in [1.54, 1.807) is 23.5 Å². The molecular weight excluding hydrogens is 410 g/mol. The Morgan fingerprint density at radius 2 is 2.03 bits per heavy atom. The number of sulfonamides is 1. The largest absolute Gasteiger partial charge is 0.379 e. The first-order chi connectivity index (χ1) is 14.1. The molecule has 0 amide bonds. The monoisotopic (exact) mass is 433 g/mol. The summed E-state index contributed by atoms with van der Waals surface area (Å²) in [5, 5.41) is 2.03. The molecular formula is C20H23N3O4S2. The van der Waals surface area contributed by atoms with Crippen LogP contribution in [0.4, 0.5) is 0 Å². The molecule has 9 heteroatoms. The molecule has 0 radical (unpaired) electrons. The molecule has 5 rings (SSSR count). The number of imidazole rings is 1. The van der Waals surface area contributed by atoms with Gasteiger partial charge in [-0.05, 0) is 42.5 Å². The van der Waals surface area contributed by atoms with E-state index < -0.39 is 10.0 Å². The van der Waals surface area contributed by atoms with Crippen molar-refractivity contribution >= 4 is 32.4 Å². The molecule has 2 aliphatic rings. The zero-order chi connectivity index (χ0) is 19.8. The molecule has 0 unspecified atom stereocenters. The maximum absolute atomic E-state index is 13.0. The Morgan fingerprint density at radius 3 is 2.76 bits per heavy atom. The van der Waals surface area contributed by atoms with E-state index in [2.05, 4.69) is 4.57 Å². The molecule has 4 heterocycles. The smallest absolute Gasteiger partial charge is 0.243 e. The van der Waals surface area contributed by atoms with Gasteiger partial charge in [-0.3, -0.25) is 0 Å². The van der Waals surface area contributed by atoms with Crippen LogP contribution in [0, 0.1) is 0 Å². The van der Waals surface area contributed by atoms with E-state index in [4.69, 9.17) is 14.5 Å². The van der Waals surface area contributed by atoms with Gasteiger partial charge < -0.3 is 14.0 Å². The van der Waals surface area contributed by atoms with Crippen molar-refractivity contribution in [2.75, 3.05) is 32.9 Å². The van der Waals surface area contributed by atoms with Crippen molar-refractivity contribution < 1.29 is 17.9 Å². The molecule has 2 aliphatic heterocycles. The minimum absolute atomic E-state index is 0.169. The predicted octanol–water partition coefficient (Wildman–Crippen LogP) is 2.96. The zero-order valence-electron chi connectivity index (χ0n) is 16.0. The van der Waals surface area contributed by atoms with Crippen molar-refractivity contribution in [2.45, 2.75) is 30.4 Å². The number of rotatable bonds is 5. The number of hydrogen-bond acceptors (Lipinski definition) is 6. The van der Waals surface area contributed by atoms with Crippen molar-refractivity contribution in [1.29, 1.82) is 0 Å². The van der Waals surface area contributed by atoms with E-state index in [1.807, 2.05) is 23.6 Å². The topological polar surface area (TPSA) is 73.7 Å². The van der Waals surface area contributed by atoms with Crippen LogP contribution in [-0.4, -0.2) is 61.3 Å². The highest BCUT2D eigenvalue weighted by Crippen LogP contribution is 2.31. The summed E-state index contributed by atoms with van der Waals surface area (Å²) in [4.78, 5) is 6.18. The maximum Gasteiger partial charge on any atom is 0.243 e. The van der Waals surface area contributed by atoms with E-state index >= 15 is 0 Å². The summed E-state index contributed by atoms with van der Waals surface area (Å²) in [7, 11) is -3.55. The number of nitrogens with zero attached hydrogens (tertiary/aromatic N) is 3. The third kappa shape index (κ3) is 3.62. The van der Waals surface area contributed by atoms with Gasteiger partial charge in [0.15, 0.2) is 5.82 Å². The van der Waals surface area contributed by atoms with Crippen molar-refractivity contribution in [2.24, 2.45) is 0 Å².